The monoisotopic (exact) mass is 255 g/mol. The van der Waals surface area contributed by atoms with Gasteiger partial charge in [0.2, 0.25) is 0 Å². The fraction of sp³-hybridized carbons (Fsp3) is 0.214. The number of benzene rings is 1. The third kappa shape index (κ3) is 1.99. The van der Waals surface area contributed by atoms with Gasteiger partial charge in [0, 0.05) is 18.0 Å². The summed E-state index contributed by atoms with van der Waals surface area (Å²) >= 11 is 1.64. The van der Waals surface area contributed by atoms with Gasteiger partial charge in [-0.05, 0) is 29.7 Å². The molecule has 3 rings (SSSR count). The zero-order chi connectivity index (χ0) is 12.5. The number of thiazole rings is 1. The predicted molar refractivity (Wildman–Crippen MR) is 74.7 cm³/mol. The van der Waals surface area contributed by atoms with Crippen molar-refractivity contribution in [1.29, 1.82) is 0 Å². The molecule has 3 aromatic rings. The Morgan fingerprint density at radius 3 is 2.56 bits per heavy atom. The Morgan fingerprint density at radius 1 is 1.06 bits per heavy atom. The molecule has 0 atom stereocenters. The summed E-state index contributed by atoms with van der Waals surface area (Å²) in [5, 5.41) is 0. The van der Waals surface area contributed by atoms with Gasteiger partial charge < -0.3 is 0 Å². The minimum Gasteiger partial charge on any atom is -0.245 e. The quantitative estimate of drug-likeness (QED) is 0.697. The number of fused-ring (bicyclic) bond motifs is 1. The van der Waals surface area contributed by atoms with Crippen LogP contribution in [0.4, 0.5) is 0 Å². The van der Waals surface area contributed by atoms with Gasteiger partial charge in [-0.3, -0.25) is 0 Å². The van der Waals surface area contributed by atoms with E-state index >= 15 is 0 Å². The summed E-state index contributed by atoms with van der Waals surface area (Å²) < 4.78 is 1.17. The Bertz CT molecular complexity index is 671. The molecular formula is C14H13N3S. The molecular weight excluding hydrogens is 242 g/mol. The highest BCUT2D eigenvalue weighted by atomic mass is 32.1. The lowest BCUT2D eigenvalue weighted by atomic mass is 10.1. The number of hydrogen-bond donors (Lipinski definition) is 0. The minimum absolute atomic E-state index is 0.461. The maximum Gasteiger partial charge on any atom is 0.159 e. The third-order valence-electron chi connectivity index (χ3n) is 2.93. The van der Waals surface area contributed by atoms with Gasteiger partial charge in [0.25, 0.3) is 0 Å². The molecule has 0 bridgehead atoms. The molecule has 0 fully saturated rings. The molecule has 0 amide bonds. The molecule has 90 valence electrons. The second-order valence-electron chi connectivity index (χ2n) is 4.53. The molecule has 0 N–H and O–H groups in total. The second kappa shape index (κ2) is 4.46. The molecule has 18 heavy (non-hydrogen) atoms. The van der Waals surface area contributed by atoms with Crippen LogP contribution in [-0.2, 0) is 0 Å². The van der Waals surface area contributed by atoms with Crippen LogP contribution < -0.4 is 0 Å². The first-order valence-corrected chi connectivity index (χ1v) is 6.77. The van der Waals surface area contributed by atoms with Crippen molar-refractivity contribution in [1.82, 2.24) is 15.0 Å². The van der Waals surface area contributed by atoms with E-state index in [-0.39, 0.29) is 0 Å². The molecule has 0 unspecified atom stereocenters. The molecule has 0 aliphatic rings. The van der Waals surface area contributed by atoms with Gasteiger partial charge in [-0.25, -0.2) is 15.0 Å². The lowest BCUT2D eigenvalue weighted by molar-refractivity contribution is 0.847. The summed E-state index contributed by atoms with van der Waals surface area (Å²) in [7, 11) is 0. The zero-order valence-electron chi connectivity index (χ0n) is 10.3. The van der Waals surface area contributed by atoms with Crippen molar-refractivity contribution in [3.63, 3.8) is 0 Å². The van der Waals surface area contributed by atoms with Gasteiger partial charge in [0.05, 0.1) is 15.7 Å². The number of hydrogen-bond acceptors (Lipinski definition) is 4. The molecule has 0 aliphatic heterocycles. The third-order valence-corrected chi connectivity index (χ3v) is 3.72. The number of nitrogens with zero attached hydrogens (tertiary/aromatic N) is 3. The summed E-state index contributed by atoms with van der Waals surface area (Å²) in [6.07, 6.45) is 3.81. The topological polar surface area (TPSA) is 38.7 Å². The van der Waals surface area contributed by atoms with Crippen LogP contribution in [0.15, 0.2) is 36.1 Å². The Kier molecular flexibility index (Phi) is 2.80. The van der Waals surface area contributed by atoms with Gasteiger partial charge in [0.15, 0.2) is 5.82 Å². The average Bonchev–Trinajstić information content (AvgIpc) is 2.86. The standard InChI is InChI=1S/C14H13N3S/c1-9(2)11-6-15-14(16-7-11)10-3-4-12-13(5-10)18-8-17-12/h3-9H,1-2H3. The predicted octanol–water partition coefficient (Wildman–Crippen LogP) is 3.88. The molecule has 4 heteroatoms. The lowest BCUT2D eigenvalue weighted by Gasteiger charge is -2.05. The van der Waals surface area contributed by atoms with Crippen LogP contribution in [0.25, 0.3) is 21.6 Å². The van der Waals surface area contributed by atoms with Crippen molar-refractivity contribution in [2.24, 2.45) is 0 Å². The Balaban J connectivity index is 2.02. The average molecular weight is 255 g/mol. The normalized spacial score (nSPS) is 11.3. The van der Waals surface area contributed by atoms with Gasteiger partial charge >= 0.3 is 0 Å². The molecule has 2 heterocycles. The van der Waals surface area contributed by atoms with E-state index in [0.717, 1.165) is 22.5 Å². The van der Waals surface area contributed by atoms with E-state index in [1.165, 1.54) is 4.70 Å². The van der Waals surface area contributed by atoms with Crippen molar-refractivity contribution in [2.75, 3.05) is 0 Å². The first kappa shape index (κ1) is 11.3. The van der Waals surface area contributed by atoms with Crippen LogP contribution in [0.3, 0.4) is 0 Å². The first-order valence-electron chi connectivity index (χ1n) is 5.89. The summed E-state index contributed by atoms with van der Waals surface area (Å²) in [4.78, 5) is 13.1. The Labute approximate surface area is 110 Å². The molecule has 2 aromatic heterocycles. The smallest absolute Gasteiger partial charge is 0.159 e. The first-order chi connectivity index (χ1) is 8.74. The van der Waals surface area contributed by atoms with Crippen LogP contribution in [0, 0.1) is 0 Å². The van der Waals surface area contributed by atoms with Gasteiger partial charge in [-0.15, -0.1) is 11.3 Å². The maximum absolute atomic E-state index is 4.43. The Morgan fingerprint density at radius 2 is 1.83 bits per heavy atom. The second-order valence-corrected chi connectivity index (χ2v) is 5.42. The molecule has 0 saturated carbocycles. The van der Waals surface area contributed by atoms with E-state index in [1.54, 1.807) is 11.3 Å². The summed E-state index contributed by atoms with van der Waals surface area (Å²) in [5.41, 5.74) is 5.10. The van der Waals surface area contributed by atoms with E-state index in [9.17, 15) is 0 Å². The highest BCUT2D eigenvalue weighted by Crippen LogP contribution is 2.24. The molecule has 0 saturated heterocycles. The van der Waals surface area contributed by atoms with Crippen molar-refractivity contribution >= 4 is 21.6 Å². The van der Waals surface area contributed by atoms with Crippen molar-refractivity contribution in [3.8, 4) is 11.4 Å². The fourth-order valence-electron chi connectivity index (χ4n) is 1.78. The lowest BCUT2D eigenvalue weighted by Crippen LogP contribution is -1.93. The van der Waals surface area contributed by atoms with E-state index < -0.39 is 0 Å². The molecule has 1 aromatic carbocycles. The van der Waals surface area contributed by atoms with E-state index in [0.29, 0.717) is 5.92 Å². The molecule has 3 nitrogen and oxygen atoms in total. The maximum atomic E-state index is 4.43. The van der Waals surface area contributed by atoms with Gasteiger partial charge in [-0.1, -0.05) is 13.8 Å². The van der Waals surface area contributed by atoms with Crippen LogP contribution in [0.2, 0.25) is 0 Å². The number of aromatic nitrogens is 3. The van der Waals surface area contributed by atoms with Crippen LogP contribution in [-0.4, -0.2) is 15.0 Å². The largest absolute Gasteiger partial charge is 0.245 e. The molecule has 0 aliphatic carbocycles. The fourth-order valence-corrected chi connectivity index (χ4v) is 2.50. The van der Waals surface area contributed by atoms with Crippen molar-refractivity contribution in [2.45, 2.75) is 19.8 Å². The Hall–Kier alpha value is -1.81. The summed E-state index contributed by atoms with van der Waals surface area (Å²) in [5.74, 6) is 1.23. The summed E-state index contributed by atoms with van der Waals surface area (Å²) in [6, 6.07) is 6.13. The van der Waals surface area contributed by atoms with Gasteiger partial charge in [0.1, 0.15) is 0 Å². The highest BCUT2D eigenvalue weighted by Gasteiger charge is 2.05. The van der Waals surface area contributed by atoms with Gasteiger partial charge in [-0.2, -0.15) is 0 Å². The van der Waals surface area contributed by atoms with E-state index in [2.05, 4.69) is 34.9 Å². The van der Waals surface area contributed by atoms with E-state index in [4.69, 9.17) is 0 Å². The zero-order valence-corrected chi connectivity index (χ0v) is 11.1. The SMILES string of the molecule is CC(C)c1cnc(-c2ccc3ncsc3c2)nc1. The summed E-state index contributed by atoms with van der Waals surface area (Å²) in [6.45, 7) is 4.28. The van der Waals surface area contributed by atoms with Crippen LogP contribution in [0.1, 0.15) is 25.3 Å². The van der Waals surface area contributed by atoms with Crippen LogP contribution >= 0.6 is 11.3 Å². The highest BCUT2D eigenvalue weighted by molar-refractivity contribution is 7.16. The minimum atomic E-state index is 0.461. The van der Waals surface area contributed by atoms with Crippen LogP contribution in [0.5, 0.6) is 0 Å². The number of rotatable bonds is 2. The van der Waals surface area contributed by atoms with Crippen molar-refractivity contribution < 1.29 is 0 Å². The van der Waals surface area contributed by atoms with E-state index in [1.807, 2.05) is 30.0 Å². The van der Waals surface area contributed by atoms with Crippen molar-refractivity contribution in [3.05, 3.63) is 41.7 Å². The molecule has 0 radical (unpaired) electrons. The molecule has 0 spiro atoms.